The van der Waals surface area contributed by atoms with Crippen molar-refractivity contribution in [1.82, 2.24) is 9.97 Å². The number of benzene rings is 1. The standard InChI is InChI=1S/C12H13N3O2/c1-16-8-4-3-5-9(17-2)10(8)11-12(13)15-7-6-14-11/h3-7H,1-2H3,(H2,13,15). The summed E-state index contributed by atoms with van der Waals surface area (Å²) in [5.74, 6) is 1.64. The maximum absolute atomic E-state index is 5.82. The fourth-order valence-corrected chi connectivity index (χ4v) is 1.63. The molecule has 0 atom stereocenters. The summed E-state index contributed by atoms with van der Waals surface area (Å²) in [6.45, 7) is 0. The van der Waals surface area contributed by atoms with Crippen LogP contribution in [0, 0.1) is 0 Å². The van der Waals surface area contributed by atoms with Crippen molar-refractivity contribution < 1.29 is 9.47 Å². The van der Waals surface area contributed by atoms with Crippen LogP contribution in [0.3, 0.4) is 0 Å². The van der Waals surface area contributed by atoms with Gasteiger partial charge in [0.15, 0.2) is 0 Å². The molecule has 17 heavy (non-hydrogen) atoms. The number of hydrogen-bond acceptors (Lipinski definition) is 5. The third-order valence-corrected chi connectivity index (χ3v) is 2.39. The Labute approximate surface area is 99.2 Å². The Morgan fingerprint density at radius 3 is 2.12 bits per heavy atom. The zero-order chi connectivity index (χ0) is 12.3. The smallest absolute Gasteiger partial charge is 0.150 e. The van der Waals surface area contributed by atoms with Crippen LogP contribution in [0.15, 0.2) is 30.6 Å². The molecule has 2 rings (SSSR count). The van der Waals surface area contributed by atoms with Gasteiger partial charge in [-0.1, -0.05) is 6.07 Å². The van der Waals surface area contributed by atoms with Crippen molar-refractivity contribution in [2.24, 2.45) is 0 Å². The zero-order valence-electron chi connectivity index (χ0n) is 9.68. The van der Waals surface area contributed by atoms with Crippen LogP contribution in [0.2, 0.25) is 0 Å². The van der Waals surface area contributed by atoms with E-state index in [0.29, 0.717) is 28.6 Å². The van der Waals surface area contributed by atoms with Gasteiger partial charge in [0, 0.05) is 12.4 Å². The number of aromatic nitrogens is 2. The fraction of sp³-hybridized carbons (Fsp3) is 0.167. The lowest BCUT2D eigenvalue weighted by Gasteiger charge is -2.13. The van der Waals surface area contributed by atoms with Gasteiger partial charge in [0.05, 0.1) is 19.8 Å². The number of anilines is 1. The van der Waals surface area contributed by atoms with E-state index in [2.05, 4.69) is 9.97 Å². The topological polar surface area (TPSA) is 70.3 Å². The first kappa shape index (κ1) is 11.2. The molecule has 0 aliphatic carbocycles. The Morgan fingerprint density at radius 2 is 1.59 bits per heavy atom. The molecular weight excluding hydrogens is 218 g/mol. The molecule has 0 radical (unpaired) electrons. The largest absolute Gasteiger partial charge is 0.496 e. The molecule has 0 amide bonds. The van der Waals surface area contributed by atoms with E-state index in [1.165, 1.54) is 0 Å². The summed E-state index contributed by atoms with van der Waals surface area (Å²) in [5.41, 5.74) is 7.08. The highest BCUT2D eigenvalue weighted by Crippen LogP contribution is 2.38. The number of ether oxygens (including phenoxy) is 2. The van der Waals surface area contributed by atoms with E-state index in [4.69, 9.17) is 15.2 Å². The Hall–Kier alpha value is -2.30. The lowest BCUT2D eigenvalue weighted by molar-refractivity contribution is 0.397. The van der Waals surface area contributed by atoms with Crippen molar-refractivity contribution in [2.45, 2.75) is 0 Å². The highest BCUT2D eigenvalue weighted by atomic mass is 16.5. The summed E-state index contributed by atoms with van der Waals surface area (Å²) in [6, 6.07) is 5.49. The molecule has 5 nitrogen and oxygen atoms in total. The summed E-state index contributed by atoms with van der Waals surface area (Å²) in [7, 11) is 3.18. The van der Waals surface area contributed by atoms with Gasteiger partial charge in [-0.3, -0.25) is 4.98 Å². The van der Waals surface area contributed by atoms with E-state index in [0.717, 1.165) is 0 Å². The molecule has 2 aromatic rings. The van der Waals surface area contributed by atoms with E-state index in [-0.39, 0.29) is 0 Å². The molecule has 0 fully saturated rings. The summed E-state index contributed by atoms with van der Waals surface area (Å²) in [6.07, 6.45) is 3.12. The van der Waals surface area contributed by atoms with Crippen LogP contribution in [-0.4, -0.2) is 24.2 Å². The van der Waals surface area contributed by atoms with Crippen LogP contribution in [-0.2, 0) is 0 Å². The first-order valence-corrected chi connectivity index (χ1v) is 5.05. The molecule has 88 valence electrons. The quantitative estimate of drug-likeness (QED) is 0.871. The number of methoxy groups -OCH3 is 2. The van der Waals surface area contributed by atoms with Gasteiger partial charge in [-0.15, -0.1) is 0 Å². The second-order valence-corrected chi connectivity index (χ2v) is 3.33. The Balaban J connectivity index is 2.69. The van der Waals surface area contributed by atoms with Crippen molar-refractivity contribution in [3.8, 4) is 22.8 Å². The lowest BCUT2D eigenvalue weighted by Crippen LogP contribution is -2.00. The molecule has 1 heterocycles. The first-order chi connectivity index (χ1) is 8.27. The predicted octanol–water partition coefficient (Wildman–Crippen LogP) is 1.74. The fourth-order valence-electron chi connectivity index (χ4n) is 1.63. The minimum absolute atomic E-state index is 0.343. The van der Waals surface area contributed by atoms with Crippen molar-refractivity contribution in [2.75, 3.05) is 20.0 Å². The monoisotopic (exact) mass is 231 g/mol. The van der Waals surface area contributed by atoms with Gasteiger partial charge in [-0.25, -0.2) is 4.98 Å². The SMILES string of the molecule is COc1cccc(OC)c1-c1nccnc1N. The third-order valence-electron chi connectivity index (χ3n) is 2.39. The van der Waals surface area contributed by atoms with Crippen LogP contribution >= 0.6 is 0 Å². The van der Waals surface area contributed by atoms with Crippen LogP contribution in [0.4, 0.5) is 5.82 Å². The summed E-state index contributed by atoms with van der Waals surface area (Å²) in [4.78, 5) is 8.23. The summed E-state index contributed by atoms with van der Waals surface area (Å²) < 4.78 is 10.6. The third kappa shape index (κ3) is 1.99. The molecule has 0 saturated carbocycles. The van der Waals surface area contributed by atoms with Gasteiger partial charge in [0.25, 0.3) is 0 Å². The zero-order valence-corrected chi connectivity index (χ0v) is 9.68. The highest BCUT2D eigenvalue weighted by Gasteiger charge is 2.16. The Kier molecular flexibility index (Phi) is 3.09. The van der Waals surface area contributed by atoms with E-state index < -0.39 is 0 Å². The van der Waals surface area contributed by atoms with Crippen LogP contribution in [0.25, 0.3) is 11.3 Å². The Morgan fingerprint density at radius 1 is 1.00 bits per heavy atom. The van der Waals surface area contributed by atoms with E-state index in [1.807, 2.05) is 18.2 Å². The molecule has 1 aromatic carbocycles. The second-order valence-electron chi connectivity index (χ2n) is 3.33. The number of hydrogen-bond donors (Lipinski definition) is 1. The normalized spacial score (nSPS) is 10.0. The molecule has 2 N–H and O–H groups in total. The van der Waals surface area contributed by atoms with Gasteiger partial charge >= 0.3 is 0 Å². The van der Waals surface area contributed by atoms with E-state index in [1.54, 1.807) is 26.6 Å². The summed E-state index contributed by atoms with van der Waals surface area (Å²) in [5, 5.41) is 0. The predicted molar refractivity (Wildman–Crippen MR) is 65.0 cm³/mol. The molecule has 5 heteroatoms. The molecule has 0 spiro atoms. The lowest BCUT2D eigenvalue weighted by atomic mass is 10.1. The molecule has 0 aliphatic rings. The number of rotatable bonds is 3. The Bertz CT molecular complexity index is 507. The molecule has 0 saturated heterocycles. The number of nitrogen functional groups attached to an aromatic ring is 1. The number of nitrogens with two attached hydrogens (primary N) is 1. The average Bonchev–Trinajstić information content (AvgIpc) is 2.38. The molecule has 1 aromatic heterocycles. The molecule has 0 aliphatic heterocycles. The van der Waals surface area contributed by atoms with Crippen molar-refractivity contribution in [3.05, 3.63) is 30.6 Å². The minimum atomic E-state index is 0.343. The van der Waals surface area contributed by atoms with Crippen LogP contribution < -0.4 is 15.2 Å². The number of nitrogens with zero attached hydrogens (tertiary/aromatic N) is 2. The van der Waals surface area contributed by atoms with E-state index in [9.17, 15) is 0 Å². The van der Waals surface area contributed by atoms with Crippen molar-refractivity contribution in [3.63, 3.8) is 0 Å². The molecular formula is C12H13N3O2. The van der Waals surface area contributed by atoms with Crippen LogP contribution in [0.1, 0.15) is 0 Å². The van der Waals surface area contributed by atoms with Crippen molar-refractivity contribution in [1.29, 1.82) is 0 Å². The van der Waals surface area contributed by atoms with Crippen LogP contribution in [0.5, 0.6) is 11.5 Å². The summed E-state index contributed by atoms with van der Waals surface area (Å²) >= 11 is 0. The van der Waals surface area contributed by atoms with E-state index >= 15 is 0 Å². The molecule has 0 bridgehead atoms. The van der Waals surface area contributed by atoms with Gasteiger partial charge in [0.2, 0.25) is 0 Å². The average molecular weight is 231 g/mol. The minimum Gasteiger partial charge on any atom is -0.496 e. The van der Waals surface area contributed by atoms with Gasteiger partial charge < -0.3 is 15.2 Å². The van der Waals surface area contributed by atoms with Gasteiger partial charge in [-0.2, -0.15) is 0 Å². The van der Waals surface area contributed by atoms with Crippen molar-refractivity contribution >= 4 is 5.82 Å². The maximum Gasteiger partial charge on any atom is 0.150 e. The van der Waals surface area contributed by atoms with Gasteiger partial charge in [-0.05, 0) is 12.1 Å². The second kappa shape index (κ2) is 4.69. The first-order valence-electron chi connectivity index (χ1n) is 5.05. The highest BCUT2D eigenvalue weighted by molar-refractivity contribution is 5.80. The molecule has 0 unspecified atom stereocenters. The van der Waals surface area contributed by atoms with Gasteiger partial charge in [0.1, 0.15) is 23.0 Å². The maximum atomic E-state index is 5.82.